The number of rotatable bonds is 5. The summed E-state index contributed by atoms with van der Waals surface area (Å²) >= 11 is 0. The number of hydrogen-bond acceptors (Lipinski definition) is 4. The van der Waals surface area contributed by atoms with Crippen LogP contribution in [0.5, 0.6) is 0 Å². The van der Waals surface area contributed by atoms with Gasteiger partial charge in [0.25, 0.3) is 0 Å². The van der Waals surface area contributed by atoms with Crippen LogP contribution in [0.15, 0.2) is 30.3 Å². The van der Waals surface area contributed by atoms with Crippen molar-refractivity contribution in [2.24, 2.45) is 5.73 Å². The number of carbonyl (C=O) groups is 1. The maximum atomic E-state index is 12.7. The predicted molar refractivity (Wildman–Crippen MR) is 109 cm³/mol. The minimum absolute atomic E-state index is 0. The van der Waals surface area contributed by atoms with Gasteiger partial charge in [0, 0.05) is 19.6 Å². The van der Waals surface area contributed by atoms with Gasteiger partial charge in [-0.05, 0) is 18.4 Å². The van der Waals surface area contributed by atoms with Gasteiger partial charge < -0.3 is 15.8 Å². The van der Waals surface area contributed by atoms with Crippen molar-refractivity contribution in [1.82, 2.24) is 10.2 Å². The van der Waals surface area contributed by atoms with Crippen molar-refractivity contribution in [3.63, 3.8) is 0 Å². The van der Waals surface area contributed by atoms with Crippen molar-refractivity contribution in [3.05, 3.63) is 35.9 Å². The van der Waals surface area contributed by atoms with Gasteiger partial charge in [-0.2, -0.15) is 0 Å². The minimum atomic E-state index is -0.676. The lowest BCUT2D eigenvalue weighted by Gasteiger charge is -2.36. The van der Waals surface area contributed by atoms with Crippen LogP contribution < -0.4 is 11.1 Å². The highest BCUT2D eigenvalue weighted by Crippen LogP contribution is 2.27. The van der Waals surface area contributed by atoms with Crippen molar-refractivity contribution in [2.45, 2.75) is 43.7 Å². The van der Waals surface area contributed by atoms with Gasteiger partial charge in [-0.3, -0.25) is 9.69 Å². The van der Waals surface area contributed by atoms with Crippen molar-refractivity contribution >= 4 is 30.7 Å². The van der Waals surface area contributed by atoms with E-state index in [0.29, 0.717) is 6.54 Å². The fraction of sp³-hybridized carbons (Fsp3) is 0.632. The van der Waals surface area contributed by atoms with Gasteiger partial charge in [0.2, 0.25) is 5.91 Å². The summed E-state index contributed by atoms with van der Waals surface area (Å²) in [5.74, 6) is 0.0105. The van der Waals surface area contributed by atoms with Gasteiger partial charge in [0.15, 0.2) is 0 Å². The van der Waals surface area contributed by atoms with Gasteiger partial charge in [-0.25, -0.2) is 0 Å². The summed E-state index contributed by atoms with van der Waals surface area (Å²) in [7, 11) is 0. The summed E-state index contributed by atoms with van der Waals surface area (Å²) in [6.07, 6.45) is 4.89. The molecule has 1 saturated carbocycles. The van der Waals surface area contributed by atoms with E-state index in [1.165, 1.54) is 12.0 Å². The quantitative estimate of drug-likeness (QED) is 0.792. The molecule has 1 aromatic carbocycles. The first-order chi connectivity index (χ1) is 11.7. The first-order valence-electron chi connectivity index (χ1n) is 9.13. The van der Waals surface area contributed by atoms with Crippen LogP contribution in [0.3, 0.4) is 0 Å². The van der Waals surface area contributed by atoms with E-state index in [-0.39, 0.29) is 36.8 Å². The van der Waals surface area contributed by atoms with E-state index in [0.717, 1.165) is 52.0 Å². The van der Waals surface area contributed by atoms with Crippen LogP contribution >= 0.6 is 24.8 Å². The second kappa shape index (κ2) is 11.1. The number of nitrogens with one attached hydrogen (secondary N) is 1. The second-order valence-corrected chi connectivity index (χ2v) is 7.00. The normalized spacial score (nSPS) is 21.0. The molecule has 1 amide bonds. The van der Waals surface area contributed by atoms with E-state index >= 15 is 0 Å². The molecule has 26 heavy (non-hydrogen) atoms. The highest BCUT2D eigenvalue weighted by Gasteiger charge is 2.35. The van der Waals surface area contributed by atoms with Crippen LogP contribution in [0.25, 0.3) is 0 Å². The lowest BCUT2D eigenvalue weighted by molar-refractivity contribution is -0.127. The molecule has 1 aliphatic carbocycles. The van der Waals surface area contributed by atoms with Crippen LogP contribution in [-0.2, 0) is 9.53 Å². The summed E-state index contributed by atoms with van der Waals surface area (Å²) in [6.45, 7) is 3.88. The smallest absolute Gasteiger partial charge is 0.240 e. The molecule has 1 atom stereocenters. The molecule has 5 nitrogen and oxygen atoms in total. The molecule has 148 valence electrons. The Kier molecular flexibility index (Phi) is 9.90. The van der Waals surface area contributed by atoms with Crippen molar-refractivity contribution in [1.29, 1.82) is 0 Å². The van der Waals surface area contributed by atoms with Gasteiger partial charge >= 0.3 is 0 Å². The third kappa shape index (κ3) is 5.83. The molecule has 2 fully saturated rings. The molecule has 1 aliphatic heterocycles. The lowest BCUT2D eigenvalue weighted by atomic mass is 9.82. The van der Waals surface area contributed by atoms with Gasteiger partial charge in [0.1, 0.15) is 0 Å². The van der Waals surface area contributed by atoms with Crippen LogP contribution in [0.2, 0.25) is 0 Å². The number of halogens is 2. The molecule has 1 heterocycles. The standard InChI is InChI=1S/C19H29N3O2.2ClH/c20-19(9-5-2-6-10-19)18(23)21-15-17(16-7-3-1-4-8-16)22-11-13-24-14-12-22;;/h1,3-4,7-8,17H,2,5-6,9-15,20H2,(H,21,23);2*1H. The zero-order chi connectivity index (χ0) is 16.8. The van der Waals surface area contributed by atoms with E-state index in [4.69, 9.17) is 10.5 Å². The average Bonchev–Trinajstić information content (AvgIpc) is 2.64. The fourth-order valence-corrected chi connectivity index (χ4v) is 3.80. The Morgan fingerprint density at radius 1 is 1.12 bits per heavy atom. The Bertz CT molecular complexity index is 533. The van der Waals surface area contributed by atoms with Crippen molar-refractivity contribution in [2.75, 3.05) is 32.8 Å². The Labute approximate surface area is 168 Å². The summed E-state index contributed by atoms with van der Waals surface area (Å²) in [4.78, 5) is 15.1. The molecule has 0 bridgehead atoms. The molecule has 0 aromatic heterocycles. The number of ether oxygens (including phenoxy) is 1. The maximum absolute atomic E-state index is 12.7. The molecule has 3 rings (SSSR count). The Morgan fingerprint density at radius 3 is 2.35 bits per heavy atom. The molecule has 0 radical (unpaired) electrons. The van der Waals surface area contributed by atoms with Crippen LogP contribution in [0, 0.1) is 0 Å². The van der Waals surface area contributed by atoms with Crippen LogP contribution in [0.1, 0.15) is 43.7 Å². The number of morpholine rings is 1. The molecule has 7 heteroatoms. The van der Waals surface area contributed by atoms with Crippen LogP contribution in [-0.4, -0.2) is 49.2 Å². The second-order valence-electron chi connectivity index (χ2n) is 7.00. The van der Waals surface area contributed by atoms with Gasteiger partial charge in [-0.15, -0.1) is 24.8 Å². The molecule has 1 saturated heterocycles. The number of nitrogens with zero attached hydrogens (tertiary/aromatic N) is 1. The van der Waals surface area contributed by atoms with Gasteiger partial charge in [-0.1, -0.05) is 49.6 Å². The van der Waals surface area contributed by atoms with Crippen molar-refractivity contribution < 1.29 is 9.53 Å². The number of carbonyl (C=O) groups excluding carboxylic acids is 1. The predicted octanol–water partition coefficient (Wildman–Crippen LogP) is 2.68. The maximum Gasteiger partial charge on any atom is 0.240 e. The largest absolute Gasteiger partial charge is 0.379 e. The van der Waals surface area contributed by atoms with E-state index in [9.17, 15) is 4.79 Å². The summed E-state index contributed by atoms with van der Waals surface area (Å²) in [6, 6.07) is 10.6. The lowest BCUT2D eigenvalue weighted by Crippen LogP contribution is -2.56. The molecular weight excluding hydrogens is 373 g/mol. The SMILES string of the molecule is Cl.Cl.NC1(C(=O)NCC(c2ccccc2)N2CCOCC2)CCCCC1. The van der Waals surface area contributed by atoms with Crippen LogP contribution in [0.4, 0.5) is 0 Å². The zero-order valence-corrected chi connectivity index (χ0v) is 16.8. The Hall–Kier alpha value is -0.850. The minimum Gasteiger partial charge on any atom is -0.379 e. The zero-order valence-electron chi connectivity index (χ0n) is 15.2. The van der Waals surface area contributed by atoms with Crippen molar-refractivity contribution in [3.8, 4) is 0 Å². The Morgan fingerprint density at radius 2 is 1.73 bits per heavy atom. The topological polar surface area (TPSA) is 67.6 Å². The fourth-order valence-electron chi connectivity index (χ4n) is 3.80. The molecule has 1 aromatic rings. The number of amides is 1. The molecular formula is C19H31Cl2N3O2. The molecule has 3 N–H and O–H groups in total. The Balaban J connectivity index is 0.00000169. The monoisotopic (exact) mass is 403 g/mol. The average molecular weight is 404 g/mol. The van der Waals surface area contributed by atoms with Gasteiger partial charge in [0.05, 0.1) is 24.8 Å². The summed E-state index contributed by atoms with van der Waals surface area (Å²) < 4.78 is 5.47. The molecule has 2 aliphatic rings. The number of hydrogen-bond donors (Lipinski definition) is 2. The number of nitrogens with two attached hydrogens (primary N) is 1. The van der Waals surface area contributed by atoms with E-state index in [1.807, 2.05) is 6.07 Å². The first-order valence-corrected chi connectivity index (χ1v) is 9.13. The highest BCUT2D eigenvalue weighted by molar-refractivity contribution is 5.86. The third-order valence-electron chi connectivity index (χ3n) is 5.32. The highest BCUT2D eigenvalue weighted by atomic mass is 35.5. The number of benzene rings is 1. The summed E-state index contributed by atoms with van der Waals surface area (Å²) in [5.41, 5.74) is 6.92. The summed E-state index contributed by atoms with van der Waals surface area (Å²) in [5, 5.41) is 3.14. The molecule has 0 spiro atoms. The van der Waals surface area contributed by atoms with E-state index < -0.39 is 5.54 Å². The molecule has 1 unspecified atom stereocenters. The van der Waals surface area contributed by atoms with E-state index in [2.05, 4.69) is 34.5 Å². The third-order valence-corrected chi connectivity index (χ3v) is 5.32. The first kappa shape index (κ1) is 23.2. The van der Waals surface area contributed by atoms with E-state index in [1.54, 1.807) is 0 Å².